The van der Waals surface area contributed by atoms with Crippen LogP contribution < -0.4 is 5.32 Å². The molecule has 2 aromatic rings. The maximum atomic E-state index is 12.2. The van der Waals surface area contributed by atoms with Gasteiger partial charge in [-0.1, -0.05) is 23.8 Å². The monoisotopic (exact) mass is 373 g/mol. The number of nitrogens with zero attached hydrogens (tertiary/aromatic N) is 2. The normalized spacial score (nSPS) is 11.6. The Hall–Kier alpha value is -1.72. The van der Waals surface area contributed by atoms with Crippen molar-refractivity contribution in [2.45, 2.75) is 60.0 Å². The van der Waals surface area contributed by atoms with Gasteiger partial charge in [-0.2, -0.15) is 0 Å². The Labute approximate surface area is 161 Å². The molecular formula is C21H31N3OS. The van der Waals surface area contributed by atoms with Gasteiger partial charge >= 0.3 is 0 Å². The molecule has 1 heterocycles. The quantitative estimate of drug-likeness (QED) is 0.754. The molecule has 0 saturated heterocycles. The summed E-state index contributed by atoms with van der Waals surface area (Å²) in [5.74, 6) is 0.0370. The van der Waals surface area contributed by atoms with Crippen LogP contribution in [0.1, 0.15) is 44.5 Å². The largest absolute Gasteiger partial charge is 0.354 e. The van der Waals surface area contributed by atoms with E-state index < -0.39 is 0 Å². The molecule has 142 valence electrons. The van der Waals surface area contributed by atoms with Crippen LogP contribution in [0.5, 0.6) is 0 Å². The first-order valence-electron chi connectivity index (χ1n) is 9.32. The minimum atomic E-state index is 0.0370. The number of amides is 1. The summed E-state index contributed by atoms with van der Waals surface area (Å²) in [6, 6.07) is 7.33. The van der Waals surface area contributed by atoms with Crippen LogP contribution in [0.4, 0.5) is 0 Å². The third kappa shape index (κ3) is 5.64. The number of hydrogen-bond acceptors (Lipinski definition) is 4. The van der Waals surface area contributed by atoms with Crippen LogP contribution >= 0.6 is 11.3 Å². The molecule has 4 nitrogen and oxygen atoms in total. The molecule has 0 radical (unpaired) electrons. The molecule has 1 aromatic carbocycles. The maximum Gasteiger partial charge on any atom is 0.226 e. The second kappa shape index (κ2) is 9.28. The Morgan fingerprint density at radius 3 is 2.50 bits per heavy atom. The number of carbonyl (C=O) groups excluding carboxylic acids is 1. The molecule has 1 aromatic heterocycles. The predicted octanol–water partition coefficient (Wildman–Crippen LogP) is 4.20. The van der Waals surface area contributed by atoms with E-state index in [2.05, 4.69) is 74.9 Å². The molecular weight excluding hydrogens is 342 g/mol. The van der Waals surface area contributed by atoms with Crippen LogP contribution in [-0.2, 0) is 11.2 Å². The summed E-state index contributed by atoms with van der Waals surface area (Å²) in [5.41, 5.74) is 4.46. The molecule has 1 amide bonds. The molecule has 0 unspecified atom stereocenters. The Morgan fingerprint density at radius 1 is 1.19 bits per heavy atom. The van der Waals surface area contributed by atoms with Gasteiger partial charge in [0.25, 0.3) is 0 Å². The molecule has 0 spiro atoms. The van der Waals surface area contributed by atoms with Gasteiger partial charge in [0.05, 0.1) is 12.1 Å². The average Bonchev–Trinajstić information content (AvgIpc) is 2.98. The van der Waals surface area contributed by atoms with Crippen molar-refractivity contribution in [2.24, 2.45) is 0 Å². The molecule has 1 N–H and O–H groups in total. The van der Waals surface area contributed by atoms with Crippen molar-refractivity contribution in [1.29, 1.82) is 0 Å². The lowest BCUT2D eigenvalue weighted by molar-refractivity contribution is -0.120. The van der Waals surface area contributed by atoms with Gasteiger partial charge in [0.2, 0.25) is 5.91 Å². The van der Waals surface area contributed by atoms with Gasteiger partial charge in [0.1, 0.15) is 5.01 Å². The lowest BCUT2D eigenvalue weighted by atomic mass is 10.1. The van der Waals surface area contributed by atoms with Crippen molar-refractivity contribution < 1.29 is 4.79 Å². The fourth-order valence-corrected chi connectivity index (χ4v) is 4.14. The molecule has 2 rings (SSSR count). The minimum Gasteiger partial charge on any atom is -0.354 e. The van der Waals surface area contributed by atoms with Crippen LogP contribution in [0.15, 0.2) is 23.6 Å². The Kier molecular flexibility index (Phi) is 7.35. The minimum absolute atomic E-state index is 0.0370. The van der Waals surface area contributed by atoms with Crippen molar-refractivity contribution in [3.05, 3.63) is 40.4 Å². The number of rotatable bonds is 8. The van der Waals surface area contributed by atoms with Crippen LogP contribution in [-0.4, -0.2) is 41.0 Å². The van der Waals surface area contributed by atoms with E-state index in [4.69, 9.17) is 0 Å². The van der Waals surface area contributed by atoms with Crippen molar-refractivity contribution in [2.75, 3.05) is 13.1 Å². The molecule has 5 heteroatoms. The highest BCUT2D eigenvalue weighted by molar-refractivity contribution is 7.13. The lowest BCUT2D eigenvalue weighted by Gasteiger charge is -2.30. The van der Waals surface area contributed by atoms with E-state index in [9.17, 15) is 4.79 Å². The fraction of sp³-hybridized carbons (Fsp3) is 0.524. The smallest absolute Gasteiger partial charge is 0.226 e. The average molecular weight is 374 g/mol. The summed E-state index contributed by atoms with van der Waals surface area (Å²) in [5, 5.41) is 5.99. The number of nitrogens with one attached hydrogen (secondary N) is 1. The Bertz CT molecular complexity index is 729. The zero-order chi connectivity index (χ0) is 19.3. The highest BCUT2D eigenvalue weighted by Crippen LogP contribution is 2.27. The third-order valence-electron chi connectivity index (χ3n) is 4.52. The number of carbonyl (C=O) groups is 1. The highest BCUT2D eigenvalue weighted by atomic mass is 32.1. The topological polar surface area (TPSA) is 45.2 Å². The number of thiazole rings is 1. The van der Waals surface area contributed by atoms with Crippen molar-refractivity contribution in [3.8, 4) is 10.6 Å². The van der Waals surface area contributed by atoms with E-state index in [-0.39, 0.29) is 5.91 Å². The van der Waals surface area contributed by atoms with E-state index in [1.54, 1.807) is 11.3 Å². The second-order valence-corrected chi connectivity index (χ2v) is 8.27. The van der Waals surface area contributed by atoms with Gasteiger partial charge in [0.15, 0.2) is 0 Å². The lowest BCUT2D eigenvalue weighted by Crippen LogP contribution is -2.42. The Morgan fingerprint density at radius 2 is 1.88 bits per heavy atom. The SMILES string of the molecule is Cc1ccc(-c2nc(CC(=O)NCCN(C(C)C)C(C)C)cs2)c(C)c1. The molecule has 0 aliphatic carbocycles. The standard InChI is InChI=1S/C21H31N3OS/c1-14(2)24(15(3)4)10-9-22-20(25)12-18-13-26-21(23-18)19-8-7-16(5)11-17(19)6/h7-8,11,13-15H,9-10,12H2,1-6H3,(H,22,25). The zero-order valence-electron chi connectivity index (χ0n) is 16.8. The van der Waals surface area contributed by atoms with E-state index in [1.165, 1.54) is 11.1 Å². The van der Waals surface area contributed by atoms with Crippen LogP contribution in [0.3, 0.4) is 0 Å². The number of hydrogen-bond donors (Lipinski definition) is 1. The zero-order valence-corrected chi connectivity index (χ0v) is 17.6. The van der Waals surface area contributed by atoms with Crippen molar-refractivity contribution >= 4 is 17.2 Å². The number of aryl methyl sites for hydroxylation is 2. The van der Waals surface area contributed by atoms with Gasteiger partial charge < -0.3 is 5.32 Å². The summed E-state index contributed by atoms with van der Waals surface area (Å²) in [4.78, 5) is 19.3. The molecule has 0 aliphatic heterocycles. The van der Waals surface area contributed by atoms with Crippen LogP contribution in [0.25, 0.3) is 10.6 Å². The van der Waals surface area contributed by atoms with Crippen LogP contribution in [0, 0.1) is 13.8 Å². The molecule has 0 saturated carbocycles. The van der Waals surface area contributed by atoms with Crippen LogP contribution in [0.2, 0.25) is 0 Å². The van der Waals surface area contributed by atoms with E-state index >= 15 is 0 Å². The van der Waals surface area contributed by atoms with Gasteiger partial charge in [0, 0.05) is 36.1 Å². The highest BCUT2D eigenvalue weighted by Gasteiger charge is 2.14. The van der Waals surface area contributed by atoms with Crippen molar-refractivity contribution in [3.63, 3.8) is 0 Å². The molecule has 26 heavy (non-hydrogen) atoms. The molecule has 0 aliphatic rings. The van der Waals surface area contributed by atoms with E-state index in [0.29, 0.717) is 25.0 Å². The van der Waals surface area contributed by atoms with Gasteiger partial charge in [-0.25, -0.2) is 4.98 Å². The van der Waals surface area contributed by atoms with Crippen molar-refractivity contribution in [1.82, 2.24) is 15.2 Å². The summed E-state index contributed by atoms with van der Waals surface area (Å²) in [6.45, 7) is 14.5. The summed E-state index contributed by atoms with van der Waals surface area (Å²) in [7, 11) is 0. The number of benzene rings is 1. The molecule has 0 atom stereocenters. The molecule has 0 bridgehead atoms. The second-order valence-electron chi connectivity index (χ2n) is 7.41. The molecule has 0 fully saturated rings. The van der Waals surface area contributed by atoms with Gasteiger partial charge in [-0.3, -0.25) is 9.69 Å². The third-order valence-corrected chi connectivity index (χ3v) is 5.45. The summed E-state index contributed by atoms with van der Waals surface area (Å²) < 4.78 is 0. The van der Waals surface area contributed by atoms with E-state index in [0.717, 1.165) is 22.8 Å². The van der Waals surface area contributed by atoms with Gasteiger partial charge in [-0.05, 0) is 47.1 Å². The number of aromatic nitrogens is 1. The van der Waals surface area contributed by atoms with Gasteiger partial charge in [-0.15, -0.1) is 11.3 Å². The first-order valence-corrected chi connectivity index (χ1v) is 10.2. The first kappa shape index (κ1) is 20.6. The van der Waals surface area contributed by atoms with E-state index in [1.807, 2.05) is 5.38 Å². The summed E-state index contributed by atoms with van der Waals surface area (Å²) >= 11 is 1.60. The fourth-order valence-electron chi connectivity index (χ4n) is 3.23. The Balaban J connectivity index is 1.89. The predicted molar refractivity (Wildman–Crippen MR) is 111 cm³/mol. The first-order chi connectivity index (χ1) is 12.3. The summed E-state index contributed by atoms with van der Waals surface area (Å²) in [6.07, 6.45) is 0.338. The maximum absolute atomic E-state index is 12.2.